The van der Waals surface area contributed by atoms with Crippen LogP contribution in [0.5, 0.6) is 5.75 Å². The maximum atomic E-state index is 12.7. The zero-order valence-corrected chi connectivity index (χ0v) is 20.5. The molecule has 0 saturated heterocycles. The van der Waals surface area contributed by atoms with Crippen LogP contribution in [0.2, 0.25) is 0 Å². The van der Waals surface area contributed by atoms with Crippen LogP contribution in [-0.4, -0.2) is 5.91 Å². The lowest BCUT2D eigenvalue weighted by Gasteiger charge is -2.11. The molecule has 0 heterocycles. The van der Waals surface area contributed by atoms with Gasteiger partial charge in [-0.3, -0.25) is 4.79 Å². The molecule has 0 bridgehead atoms. The number of carbonyl (C=O) groups is 1. The molecule has 0 aliphatic carbocycles. The van der Waals surface area contributed by atoms with Gasteiger partial charge in [0.05, 0.1) is 4.47 Å². The normalized spacial score (nSPS) is 11.2. The second-order valence-electron chi connectivity index (χ2n) is 8.06. The molecular formula is C29H23BrN2O2. The molecule has 4 aromatic rings. The molecule has 0 fully saturated rings. The number of anilines is 1. The third-order valence-electron chi connectivity index (χ3n) is 5.53. The Balaban J connectivity index is 1.49. The van der Waals surface area contributed by atoms with E-state index in [1.807, 2.05) is 74.5 Å². The van der Waals surface area contributed by atoms with E-state index in [0.29, 0.717) is 18.0 Å². The first-order valence-electron chi connectivity index (χ1n) is 10.8. The Labute approximate surface area is 207 Å². The molecule has 1 amide bonds. The van der Waals surface area contributed by atoms with E-state index < -0.39 is 5.91 Å². The minimum Gasteiger partial charge on any atom is -0.488 e. The number of nitrogens with zero attached hydrogens (tertiary/aromatic N) is 1. The Kier molecular flexibility index (Phi) is 7.10. The Morgan fingerprint density at radius 3 is 2.59 bits per heavy atom. The summed E-state index contributed by atoms with van der Waals surface area (Å²) < 4.78 is 6.80. The number of nitriles is 1. The first kappa shape index (κ1) is 23.3. The van der Waals surface area contributed by atoms with Crippen molar-refractivity contribution in [3.8, 4) is 11.8 Å². The Hall–Kier alpha value is -3.88. The first-order chi connectivity index (χ1) is 16.4. The van der Waals surface area contributed by atoms with E-state index in [2.05, 4.69) is 45.5 Å². The number of nitrogens with one attached hydrogen (secondary N) is 1. The van der Waals surface area contributed by atoms with Crippen molar-refractivity contribution in [2.75, 3.05) is 5.32 Å². The lowest BCUT2D eigenvalue weighted by molar-refractivity contribution is -0.112. The molecule has 0 radical (unpaired) electrons. The van der Waals surface area contributed by atoms with Crippen LogP contribution in [0.3, 0.4) is 0 Å². The Bertz CT molecular complexity index is 1450. The lowest BCUT2D eigenvalue weighted by atomic mass is 10.1. The quantitative estimate of drug-likeness (QED) is 0.218. The van der Waals surface area contributed by atoms with E-state index in [1.54, 1.807) is 6.08 Å². The zero-order valence-electron chi connectivity index (χ0n) is 18.9. The predicted octanol–water partition coefficient (Wildman–Crippen LogP) is 7.34. The number of aryl methyl sites for hydroxylation is 2. The van der Waals surface area contributed by atoms with Crippen molar-refractivity contribution in [2.24, 2.45) is 0 Å². The van der Waals surface area contributed by atoms with Crippen LogP contribution >= 0.6 is 15.9 Å². The standard InChI is InChI=1S/C29H23BrN2O2/c1-19-10-12-27(20(2)14-19)32-29(33)24(17-31)15-21-11-13-28(26(30)16-21)34-18-23-8-5-7-22-6-3-4-9-25(22)23/h3-16H,18H2,1-2H3,(H,32,33)/b24-15+. The molecule has 5 heteroatoms. The number of ether oxygens (including phenoxy) is 1. The second kappa shape index (κ2) is 10.4. The molecule has 0 aromatic heterocycles. The number of rotatable bonds is 6. The number of amides is 1. The van der Waals surface area contributed by atoms with Gasteiger partial charge in [-0.2, -0.15) is 5.26 Å². The van der Waals surface area contributed by atoms with Gasteiger partial charge in [0.25, 0.3) is 5.91 Å². The van der Waals surface area contributed by atoms with Crippen molar-refractivity contribution in [3.63, 3.8) is 0 Å². The summed E-state index contributed by atoms with van der Waals surface area (Å²) in [6.07, 6.45) is 1.57. The summed E-state index contributed by atoms with van der Waals surface area (Å²) in [6.45, 7) is 4.34. The highest BCUT2D eigenvalue weighted by Crippen LogP contribution is 2.29. The molecule has 34 heavy (non-hydrogen) atoms. The van der Waals surface area contributed by atoms with Gasteiger partial charge in [-0.25, -0.2) is 0 Å². The summed E-state index contributed by atoms with van der Waals surface area (Å²) in [5.41, 5.74) is 4.59. The van der Waals surface area contributed by atoms with Gasteiger partial charge in [-0.05, 0) is 81.5 Å². The van der Waals surface area contributed by atoms with Crippen molar-refractivity contribution in [3.05, 3.63) is 111 Å². The van der Waals surface area contributed by atoms with Crippen LogP contribution in [0.15, 0.2) is 88.9 Å². The predicted molar refractivity (Wildman–Crippen MR) is 141 cm³/mol. The summed E-state index contributed by atoms with van der Waals surface area (Å²) in [7, 11) is 0. The molecule has 0 aliphatic heterocycles. The van der Waals surface area contributed by atoms with Crippen LogP contribution < -0.4 is 10.1 Å². The van der Waals surface area contributed by atoms with Gasteiger partial charge in [-0.15, -0.1) is 0 Å². The number of benzene rings is 4. The number of carbonyl (C=O) groups excluding carboxylic acids is 1. The van der Waals surface area contributed by atoms with E-state index in [4.69, 9.17) is 4.74 Å². The van der Waals surface area contributed by atoms with Gasteiger partial charge in [0.15, 0.2) is 0 Å². The minimum absolute atomic E-state index is 0.0244. The average Bonchev–Trinajstić information content (AvgIpc) is 2.83. The minimum atomic E-state index is -0.443. The maximum absolute atomic E-state index is 12.7. The monoisotopic (exact) mass is 510 g/mol. The van der Waals surface area contributed by atoms with Crippen LogP contribution in [0.4, 0.5) is 5.69 Å². The SMILES string of the molecule is Cc1ccc(NC(=O)/C(C#N)=C/c2ccc(OCc3cccc4ccccc34)c(Br)c2)c(C)c1. The largest absolute Gasteiger partial charge is 0.488 e. The fraction of sp³-hybridized carbons (Fsp3) is 0.103. The van der Waals surface area contributed by atoms with Crippen LogP contribution in [0.25, 0.3) is 16.8 Å². The van der Waals surface area contributed by atoms with E-state index >= 15 is 0 Å². The van der Waals surface area contributed by atoms with Gasteiger partial charge in [0.2, 0.25) is 0 Å². The van der Waals surface area contributed by atoms with Gasteiger partial charge in [-0.1, -0.05) is 66.2 Å². The van der Waals surface area contributed by atoms with Gasteiger partial charge in [0, 0.05) is 5.69 Å². The molecule has 168 valence electrons. The Morgan fingerprint density at radius 2 is 1.82 bits per heavy atom. The topological polar surface area (TPSA) is 62.1 Å². The zero-order chi connectivity index (χ0) is 24.1. The first-order valence-corrected chi connectivity index (χ1v) is 11.6. The molecule has 1 N–H and O–H groups in total. The molecule has 4 aromatic carbocycles. The molecule has 0 unspecified atom stereocenters. The van der Waals surface area contributed by atoms with E-state index in [9.17, 15) is 10.1 Å². The van der Waals surface area contributed by atoms with Gasteiger partial charge < -0.3 is 10.1 Å². The van der Waals surface area contributed by atoms with E-state index in [0.717, 1.165) is 32.1 Å². The van der Waals surface area contributed by atoms with Crippen LogP contribution in [-0.2, 0) is 11.4 Å². The average molecular weight is 511 g/mol. The lowest BCUT2D eigenvalue weighted by Crippen LogP contribution is -2.14. The molecule has 4 rings (SSSR count). The van der Waals surface area contributed by atoms with Crippen LogP contribution in [0.1, 0.15) is 22.3 Å². The van der Waals surface area contributed by atoms with E-state index in [1.165, 1.54) is 5.39 Å². The highest BCUT2D eigenvalue weighted by molar-refractivity contribution is 9.10. The molecule has 0 spiro atoms. The summed E-state index contributed by atoms with van der Waals surface area (Å²) in [4.78, 5) is 12.7. The third kappa shape index (κ3) is 5.36. The summed E-state index contributed by atoms with van der Waals surface area (Å²) >= 11 is 3.55. The molecule has 4 nitrogen and oxygen atoms in total. The highest BCUT2D eigenvalue weighted by Gasteiger charge is 2.12. The maximum Gasteiger partial charge on any atom is 0.266 e. The van der Waals surface area contributed by atoms with Crippen molar-refractivity contribution in [2.45, 2.75) is 20.5 Å². The summed E-state index contributed by atoms with van der Waals surface area (Å²) in [5, 5.41) is 14.7. The number of hydrogen-bond donors (Lipinski definition) is 1. The summed E-state index contributed by atoms with van der Waals surface area (Å²) in [5.74, 6) is 0.241. The van der Waals surface area contributed by atoms with Gasteiger partial charge >= 0.3 is 0 Å². The molecule has 0 saturated carbocycles. The highest BCUT2D eigenvalue weighted by atomic mass is 79.9. The van der Waals surface area contributed by atoms with Crippen molar-refractivity contribution < 1.29 is 9.53 Å². The smallest absolute Gasteiger partial charge is 0.266 e. The van der Waals surface area contributed by atoms with Crippen LogP contribution in [0, 0.1) is 25.2 Å². The third-order valence-corrected chi connectivity index (χ3v) is 6.14. The van der Waals surface area contributed by atoms with Crippen molar-refractivity contribution in [1.82, 2.24) is 0 Å². The van der Waals surface area contributed by atoms with Crippen molar-refractivity contribution in [1.29, 1.82) is 5.26 Å². The molecular weight excluding hydrogens is 488 g/mol. The summed E-state index contributed by atoms with van der Waals surface area (Å²) in [6, 6.07) is 27.6. The molecule has 0 atom stereocenters. The fourth-order valence-electron chi connectivity index (χ4n) is 3.76. The number of fused-ring (bicyclic) bond motifs is 1. The van der Waals surface area contributed by atoms with E-state index in [-0.39, 0.29) is 5.57 Å². The van der Waals surface area contributed by atoms with Crippen molar-refractivity contribution >= 4 is 44.4 Å². The number of halogens is 1. The number of hydrogen-bond acceptors (Lipinski definition) is 3. The Morgan fingerprint density at radius 1 is 1.03 bits per heavy atom. The van der Waals surface area contributed by atoms with Gasteiger partial charge in [0.1, 0.15) is 24.0 Å². The molecule has 0 aliphatic rings. The fourth-order valence-corrected chi connectivity index (χ4v) is 4.27. The second-order valence-corrected chi connectivity index (χ2v) is 8.91.